The lowest BCUT2D eigenvalue weighted by Gasteiger charge is -2.31. The zero-order valence-corrected chi connectivity index (χ0v) is 9.93. The molecule has 1 aliphatic rings. The largest absolute Gasteiger partial charge is 0.393 e. The van der Waals surface area contributed by atoms with Gasteiger partial charge in [-0.05, 0) is 18.9 Å². The second kappa shape index (κ2) is 4.89. The van der Waals surface area contributed by atoms with Gasteiger partial charge in [-0.25, -0.2) is 0 Å². The first-order valence-corrected chi connectivity index (χ1v) is 5.83. The van der Waals surface area contributed by atoms with E-state index >= 15 is 0 Å². The number of hydrogen-bond donors (Lipinski definition) is 1. The number of anilines is 1. The SMILES string of the molecule is O=[N+]([O-])c1cccc(Cl)c1N1CCC(O)CC1. The second-order valence-corrected chi connectivity index (χ2v) is 4.49. The zero-order chi connectivity index (χ0) is 12.4. The molecule has 2 rings (SSSR count). The molecule has 0 spiro atoms. The molecule has 6 heteroatoms. The molecule has 0 aromatic heterocycles. The average Bonchev–Trinajstić information content (AvgIpc) is 2.30. The molecule has 0 aliphatic carbocycles. The van der Waals surface area contributed by atoms with Gasteiger partial charge in [0.05, 0.1) is 16.0 Å². The van der Waals surface area contributed by atoms with Crippen LogP contribution in [0.3, 0.4) is 0 Å². The van der Waals surface area contributed by atoms with Gasteiger partial charge in [0, 0.05) is 19.2 Å². The van der Waals surface area contributed by atoms with Crippen LogP contribution in [0.25, 0.3) is 0 Å². The summed E-state index contributed by atoms with van der Waals surface area (Å²) >= 11 is 6.03. The molecule has 1 heterocycles. The number of piperidine rings is 1. The van der Waals surface area contributed by atoms with Gasteiger partial charge in [0.2, 0.25) is 0 Å². The Bertz CT molecular complexity index is 431. The minimum atomic E-state index is -0.424. The van der Waals surface area contributed by atoms with E-state index < -0.39 is 4.92 Å². The van der Waals surface area contributed by atoms with Gasteiger partial charge in [-0.15, -0.1) is 0 Å². The first-order chi connectivity index (χ1) is 8.09. The van der Waals surface area contributed by atoms with Crippen LogP contribution in [0.2, 0.25) is 5.02 Å². The summed E-state index contributed by atoms with van der Waals surface area (Å²) in [5.41, 5.74) is 0.486. The number of nitrogens with zero attached hydrogens (tertiary/aromatic N) is 2. The fourth-order valence-corrected chi connectivity index (χ4v) is 2.34. The van der Waals surface area contributed by atoms with E-state index in [-0.39, 0.29) is 11.8 Å². The lowest BCUT2D eigenvalue weighted by molar-refractivity contribution is -0.384. The van der Waals surface area contributed by atoms with E-state index in [1.165, 1.54) is 6.07 Å². The van der Waals surface area contributed by atoms with Crippen molar-refractivity contribution in [2.45, 2.75) is 18.9 Å². The Hall–Kier alpha value is -1.33. The fraction of sp³-hybridized carbons (Fsp3) is 0.455. The van der Waals surface area contributed by atoms with Crippen molar-refractivity contribution in [2.75, 3.05) is 18.0 Å². The van der Waals surface area contributed by atoms with Crippen LogP contribution < -0.4 is 4.90 Å². The number of nitro groups is 1. The first-order valence-electron chi connectivity index (χ1n) is 5.45. The molecule has 5 nitrogen and oxygen atoms in total. The van der Waals surface area contributed by atoms with E-state index in [1.807, 2.05) is 4.90 Å². The van der Waals surface area contributed by atoms with Crippen LogP contribution >= 0.6 is 11.6 Å². The van der Waals surface area contributed by atoms with Crippen LogP contribution in [0.1, 0.15) is 12.8 Å². The van der Waals surface area contributed by atoms with Crippen LogP contribution in [-0.2, 0) is 0 Å². The summed E-state index contributed by atoms with van der Waals surface area (Å²) in [4.78, 5) is 12.4. The molecule has 0 radical (unpaired) electrons. The summed E-state index contributed by atoms with van der Waals surface area (Å²) in [5.74, 6) is 0. The Labute approximate surface area is 104 Å². The van der Waals surface area contributed by atoms with Crippen molar-refractivity contribution in [3.63, 3.8) is 0 Å². The summed E-state index contributed by atoms with van der Waals surface area (Å²) in [5, 5.41) is 20.8. The quantitative estimate of drug-likeness (QED) is 0.651. The van der Waals surface area contributed by atoms with Crippen LogP contribution in [0.15, 0.2) is 18.2 Å². The van der Waals surface area contributed by atoms with Crippen LogP contribution in [0, 0.1) is 10.1 Å². The van der Waals surface area contributed by atoms with Crippen LogP contribution in [0.4, 0.5) is 11.4 Å². The Morgan fingerprint density at radius 3 is 2.65 bits per heavy atom. The summed E-state index contributed by atoms with van der Waals surface area (Å²) in [7, 11) is 0. The van der Waals surface area contributed by atoms with Gasteiger partial charge >= 0.3 is 0 Å². The Balaban J connectivity index is 2.33. The number of halogens is 1. The lowest BCUT2D eigenvalue weighted by Crippen LogP contribution is -2.36. The maximum atomic E-state index is 11.0. The Kier molecular flexibility index (Phi) is 3.49. The van der Waals surface area contributed by atoms with Gasteiger partial charge in [0.1, 0.15) is 5.69 Å². The summed E-state index contributed by atoms with van der Waals surface area (Å²) in [6.07, 6.45) is 0.915. The second-order valence-electron chi connectivity index (χ2n) is 4.08. The van der Waals surface area contributed by atoms with E-state index in [9.17, 15) is 15.2 Å². The highest BCUT2D eigenvalue weighted by molar-refractivity contribution is 6.33. The smallest absolute Gasteiger partial charge is 0.294 e. The number of aliphatic hydroxyl groups is 1. The molecule has 1 aromatic carbocycles. The number of para-hydroxylation sites is 1. The topological polar surface area (TPSA) is 66.6 Å². The maximum Gasteiger partial charge on any atom is 0.294 e. The van der Waals surface area contributed by atoms with Gasteiger partial charge in [-0.3, -0.25) is 10.1 Å². The lowest BCUT2D eigenvalue weighted by atomic mass is 10.1. The van der Waals surface area contributed by atoms with Crippen molar-refractivity contribution < 1.29 is 10.0 Å². The predicted octanol–water partition coefficient (Wildman–Crippen LogP) is 2.21. The van der Waals surface area contributed by atoms with Crippen molar-refractivity contribution in [1.82, 2.24) is 0 Å². The van der Waals surface area contributed by atoms with E-state index in [2.05, 4.69) is 0 Å². The molecule has 1 N–H and O–H groups in total. The number of nitro benzene ring substituents is 1. The Morgan fingerprint density at radius 1 is 1.41 bits per heavy atom. The molecule has 1 saturated heterocycles. The van der Waals surface area contributed by atoms with Crippen LogP contribution in [0.5, 0.6) is 0 Å². The van der Waals surface area contributed by atoms with Gasteiger partial charge in [-0.1, -0.05) is 17.7 Å². The first kappa shape index (κ1) is 12.1. The molecule has 1 aromatic rings. The number of rotatable bonds is 2. The predicted molar refractivity (Wildman–Crippen MR) is 65.6 cm³/mol. The molecule has 0 bridgehead atoms. The third-order valence-electron chi connectivity index (χ3n) is 2.94. The van der Waals surface area contributed by atoms with Crippen LogP contribution in [-0.4, -0.2) is 29.2 Å². The van der Waals surface area contributed by atoms with Gasteiger partial charge in [0.15, 0.2) is 0 Å². The van der Waals surface area contributed by atoms with Gasteiger partial charge < -0.3 is 10.0 Å². The highest BCUT2D eigenvalue weighted by atomic mass is 35.5. The summed E-state index contributed by atoms with van der Waals surface area (Å²) in [6, 6.07) is 4.67. The van der Waals surface area contributed by atoms with Crippen molar-refractivity contribution in [3.8, 4) is 0 Å². The molecule has 0 saturated carbocycles. The average molecular weight is 257 g/mol. The summed E-state index contributed by atoms with van der Waals surface area (Å²) in [6.45, 7) is 1.18. The van der Waals surface area contributed by atoms with E-state index in [0.29, 0.717) is 36.6 Å². The molecule has 0 atom stereocenters. The van der Waals surface area contributed by atoms with Crippen molar-refractivity contribution in [2.24, 2.45) is 0 Å². The van der Waals surface area contributed by atoms with E-state index in [0.717, 1.165) is 0 Å². The number of benzene rings is 1. The molecule has 1 fully saturated rings. The molecule has 0 amide bonds. The van der Waals surface area contributed by atoms with Gasteiger partial charge in [-0.2, -0.15) is 0 Å². The molecular formula is C11H13ClN2O3. The zero-order valence-electron chi connectivity index (χ0n) is 9.17. The van der Waals surface area contributed by atoms with Crippen molar-refractivity contribution in [1.29, 1.82) is 0 Å². The molecule has 17 heavy (non-hydrogen) atoms. The fourth-order valence-electron chi connectivity index (χ4n) is 2.05. The molecule has 0 unspecified atom stereocenters. The van der Waals surface area contributed by atoms with E-state index in [1.54, 1.807) is 12.1 Å². The molecule has 92 valence electrons. The highest BCUT2D eigenvalue weighted by Gasteiger charge is 2.25. The third-order valence-corrected chi connectivity index (χ3v) is 3.25. The third kappa shape index (κ3) is 2.50. The van der Waals surface area contributed by atoms with Crippen molar-refractivity contribution >= 4 is 23.0 Å². The maximum absolute atomic E-state index is 11.0. The highest BCUT2D eigenvalue weighted by Crippen LogP contribution is 2.36. The molecule has 1 aliphatic heterocycles. The summed E-state index contributed by atoms with van der Waals surface area (Å²) < 4.78 is 0. The Morgan fingerprint density at radius 2 is 2.06 bits per heavy atom. The monoisotopic (exact) mass is 256 g/mol. The normalized spacial score (nSPS) is 17.2. The minimum Gasteiger partial charge on any atom is -0.393 e. The van der Waals surface area contributed by atoms with Crippen molar-refractivity contribution in [3.05, 3.63) is 33.3 Å². The van der Waals surface area contributed by atoms with Gasteiger partial charge in [0.25, 0.3) is 5.69 Å². The van der Waals surface area contributed by atoms with E-state index in [4.69, 9.17) is 11.6 Å². The standard InChI is InChI=1S/C11H13ClN2O3/c12-9-2-1-3-10(14(16)17)11(9)13-6-4-8(15)5-7-13/h1-3,8,15H,4-7H2. The molecular weight excluding hydrogens is 244 g/mol. The number of hydrogen-bond acceptors (Lipinski definition) is 4. The number of aliphatic hydroxyl groups excluding tert-OH is 1. The minimum absolute atomic E-state index is 0.0221.